The Morgan fingerprint density at radius 1 is 1.20 bits per heavy atom. The number of benzene rings is 2. The van der Waals surface area contributed by atoms with Crippen molar-refractivity contribution in [3.63, 3.8) is 0 Å². The third-order valence-corrected chi connectivity index (χ3v) is 6.05. The van der Waals surface area contributed by atoms with E-state index in [1.165, 1.54) is 0 Å². The monoisotopic (exact) mass is 424 g/mol. The zero-order valence-corrected chi connectivity index (χ0v) is 17.8. The second kappa shape index (κ2) is 9.80. The molecular weight excluding hydrogens is 400 g/mol. The average Bonchev–Trinajstić information content (AvgIpc) is 2.73. The normalized spacial score (nSPS) is 21.4. The molecule has 156 valence electrons. The zero-order chi connectivity index (χ0) is 21.7. The van der Waals surface area contributed by atoms with Gasteiger partial charge in [-0.2, -0.15) is 5.26 Å². The van der Waals surface area contributed by atoms with Crippen molar-refractivity contribution in [2.24, 2.45) is 5.92 Å². The summed E-state index contributed by atoms with van der Waals surface area (Å²) in [6.07, 6.45) is 0. The Morgan fingerprint density at radius 2 is 1.87 bits per heavy atom. The molecule has 0 amide bonds. The van der Waals surface area contributed by atoms with Gasteiger partial charge in [-0.3, -0.25) is 0 Å². The summed E-state index contributed by atoms with van der Waals surface area (Å²) < 4.78 is 5.80. The first-order valence-corrected chi connectivity index (χ1v) is 10.3. The summed E-state index contributed by atoms with van der Waals surface area (Å²) in [5.74, 6) is -2.16. The summed E-state index contributed by atoms with van der Waals surface area (Å²) in [5, 5.41) is 20.4. The molecule has 0 radical (unpaired) electrons. The van der Waals surface area contributed by atoms with E-state index in [-0.39, 0.29) is 11.6 Å². The summed E-state index contributed by atoms with van der Waals surface area (Å²) in [4.78, 5) is 14.2. The largest absolute Gasteiger partial charge is 0.478 e. The highest BCUT2D eigenvalue weighted by atomic mass is 35.5. The highest BCUT2D eigenvalue weighted by molar-refractivity contribution is 6.31. The lowest BCUT2D eigenvalue weighted by Crippen LogP contribution is -2.47. The molecular formula is C24H25ClN2O3. The van der Waals surface area contributed by atoms with Gasteiger partial charge in [0.05, 0.1) is 30.8 Å². The minimum atomic E-state index is -1.03. The molecule has 0 bridgehead atoms. The zero-order valence-electron chi connectivity index (χ0n) is 17.1. The first kappa shape index (κ1) is 21.9. The second-order valence-corrected chi connectivity index (χ2v) is 7.84. The van der Waals surface area contributed by atoms with Crippen LogP contribution < -0.4 is 0 Å². The molecule has 2 aromatic carbocycles. The number of carbonyl (C=O) groups is 1. The number of allylic oxidation sites excluding steroid dienone is 1. The summed E-state index contributed by atoms with van der Waals surface area (Å²) in [6, 6.07) is 19.2. The molecule has 1 aliphatic heterocycles. The Bertz CT molecular complexity index is 968. The van der Waals surface area contributed by atoms with Gasteiger partial charge in [0.1, 0.15) is 0 Å². The first-order valence-electron chi connectivity index (χ1n) is 9.92. The van der Waals surface area contributed by atoms with Crippen molar-refractivity contribution in [1.82, 2.24) is 4.90 Å². The van der Waals surface area contributed by atoms with E-state index in [2.05, 4.69) is 6.07 Å². The molecule has 0 saturated heterocycles. The van der Waals surface area contributed by atoms with Crippen LogP contribution in [0.1, 0.15) is 30.9 Å². The molecule has 0 fully saturated rings. The number of nitrogens with zero attached hydrogens (tertiary/aromatic N) is 2. The van der Waals surface area contributed by atoms with E-state index in [9.17, 15) is 15.2 Å². The molecule has 1 N–H and O–H groups in total. The maximum Gasteiger partial charge on any atom is 0.333 e. The fourth-order valence-electron chi connectivity index (χ4n) is 4.18. The highest BCUT2D eigenvalue weighted by Gasteiger charge is 2.43. The molecule has 0 saturated carbocycles. The van der Waals surface area contributed by atoms with E-state index >= 15 is 0 Å². The number of ether oxygens (including phenoxy) is 1. The molecule has 0 spiro atoms. The van der Waals surface area contributed by atoms with Crippen molar-refractivity contribution in [3.05, 3.63) is 82.0 Å². The second-order valence-electron chi connectivity index (χ2n) is 7.43. The van der Waals surface area contributed by atoms with Gasteiger partial charge >= 0.3 is 5.97 Å². The Hall–Kier alpha value is -2.81. The van der Waals surface area contributed by atoms with Gasteiger partial charge in [0.25, 0.3) is 0 Å². The minimum absolute atomic E-state index is 0.181. The molecule has 3 unspecified atom stereocenters. The van der Waals surface area contributed by atoms with E-state index in [1.807, 2.05) is 48.2 Å². The predicted molar refractivity (Wildman–Crippen MR) is 116 cm³/mol. The van der Waals surface area contributed by atoms with Crippen LogP contribution in [-0.4, -0.2) is 35.2 Å². The van der Waals surface area contributed by atoms with Gasteiger partial charge in [-0.1, -0.05) is 60.1 Å². The molecule has 6 heteroatoms. The van der Waals surface area contributed by atoms with Gasteiger partial charge in [0, 0.05) is 29.2 Å². The van der Waals surface area contributed by atoms with E-state index in [4.69, 9.17) is 16.3 Å². The smallest absolute Gasteiger partial charge is 0.333 e. The number of rotatable bonds is 7. The van der Waals surface area contributed by atoms with Gasteiger partial charge < -0.3 is 14.7 Å². The standard InChI is InChI=1S/C24H25ClN2O3/c1-16-20(14-26)23(19-10-6-7-11-21(19)25)22(24(28)29)17(2)27(16)12-13-30-15-18-8-4-3-5-9-18/h3-11,16,20,23H,12-13,15H2,1-2H3,(H,28,29). The van der Waals surface area contributed by atoms with Crippen molar-refractivity contribution >= 4 is 17.6 Å². The van der Waals surface area contributed by atoms with E-state index in [0.29, 0.717) is 36.0 Å². The number of hydrogen-bond acceptors (Lipinski definition) is 4. The van der Waals surface area contributed by atoms with E-state index in [1.54, 1.807) is 25.1 Å². The molecule has 0 aliphatic carbocycles. The van der Waals surface area contributed by atoms with Crippen LogP contribution in [0.2, 0.25) is 5.02 Å². The number of carboxylic acid groups (broad SMARTS) is 1. The lowest BCUT2D eigenvalue weighted by atomic mass is 9.73. The quantitative estimate of drug-likeness (QED) is 0.643. The maximum absolute atomic E-state index is 12.2. The summed E-state index contributed by atoms with van der Waals surface area (Å²) in [6.45, 7) is 5.18. The van der Waals surface area contributed by atoms with E-state index < -0.39 is 17.8 Å². The third-order valence-electron chi connectivity index (χ3n) is 5.71. The van der Waals surface area contributed by atoms with Crippen LogP contribution in [0.3, 0.4) is 0 Å². The van der Waals surface area contributed by atoms with Gasteiger partial charge in [-0.15, -0.1) is 0 Å². The van der Waals surface area contributed by atoms with E-state index in [0.717, 1.165) is 5.56 Å². The molecule has 3 rings (SSSR count). The van der Waals surface area contributed by atoms with Crippen molar-refractivity contribution in [3.8, 4) is 6.07 Å². The number of carboxylic acids is 1. The van der Waals surface area contributed by atoms with Crippen LogP contribution in [0.15, 0.2) is 65.9 Å². The van der Waals surface area contributed by atoms with Crippen molar-refractivity contribution < 1.29 is 14.6 Å². The number of hydrogen-bond donors (Lipinski definition) is 1. The Morgan fingerprint density at radius 3 is 2.50 bits per heavy atom. The Labute approximate surface area is 182 Å². The molecule has 1 heterocycles. The molecule has 2 aromatic rings. The topological polar surface area (TPSA) is 73.6 Å². The third kappa shape index (κ3) is 4.51. The van der Waals surface area contributed by atoms with Crippen LogP contribution in [0.4, 0.5) is 0 Å². The SMILES string of the molecule is CC1=C(C(=O)O)C(c2ccccc2Cl)C(C#N)C(C)N1CCOCc1ccccc1. The predicted octanol–water partition coefficient (Wildman–Crippen LogP) is 4.84. The van der Waals surface area contributed by atoms with Crippen LogP contribution in [0, 0.1) is 17.2 Å². The van der Waals surface area contributed by atoms with Gasteiger partial charge in [0.15, 0.2) is 0 Å². The van der Waals surface area contributed by atoms with Crippen molar-refractivity contribution in [2.75, 3.05) is 13.2 Å². The van der Waals surface area contributed by atoms with Crippen molar-refractivity contribution in [1.29, 1.82) is 5.26 Å². The molecule has 3 atom stereocenters. The lowest BCUT2D eigenvalue weighted by Gasteiger charge is -2.43. The lowest BCUT2D eigenvalue weighted by molar-refractivity contribution is -0.133. The van der Waals surface area contributed by atoms with Crippen LogP contribution in [0.25, 0.3) is 0 Å². The van der Waals surface area contributed by atoms with Gasteiger partial charge in [-0.25, -0.2) is 4.79 Å². The minimum Gasteiger partial charge on any atom is -0.478 e. The van der Waals surface area contributed by atoms with Gasteiger partial charge in [-0.05, 0) is 31.0 Å². The number of halogens is 1. The first-order chi connectivity index (χ1) is 14.5. The molecule has 0 aromatic heterocycles. The van der Waals surface area contributed by atoms with Crippen LogP contribution >= 0.6 is 11.6 Å². The van der Waals surface area contributed by atoms with Crippen LogP contribution in [0.5, 0.6) is 0 Å². The molecule has 5 nitrogen and oxygen atoms in total. The fourth-order valence-corrected chi connectivity index (χ4v) is 4.44. The Kier molecular flexibility index (Phi) is 7.15. The summed E-state index contributed by atoms with van der Waals surface area (Å²) in [7, 11) is 0. The summed E-state index contributed by atoms with van der Waals surface area (Å²) >= 11 is 6.38. The van der Waals surface area contributed by atoms with Gasteiger partial charge in [0.2, 0.25) is 0 Å². The Balaban J connectivity index is 1.85. The van der Waals surface area contributed by atoms with Crippen molar-refractivity contribution in [2.45, 2.75) is 32.4 Å². The van der Waals surface area contributed by atoms with Crippen LogP contribution in [-0.2, 0) is 16.1 Å². The fraction of sp³-hybridized carbons (Fsp3) is 0.333. The number of aliphatic carboxylic acids is 1. The molecule has 1 aliphatic rings. The summed E-state index contributed by atoms with van der Waals surface area (Å²) in [5.41, 5.74) is 2.62. The molecule has 30 heavy (non-hydrogen) atoms. The average molecular weight is 425 g/mol. The maximum atomic E-state index is 12.2. The number of nitriles is 1. The highest BCUT2D eigenvalue weighted by Crippen LogP contribution is 2.44.